The third-order valence-electron chi connectivity index (χ3n) is 2.73. The molecule has 0 bridgehead atoms. The monoisotopic (exact) mass is 280 g/mol. The average Bonchev–Trinajstić information content (AvgIpc) is 2.34. The number of benzene rings is 2. The third kappa shape index (κ3) is 3.61. The van der Waals surface area contributed by atoms with Gasteiger partial charge in [-0.2, -0.15) is 0 Å². The highest BCUT2D eigenvalue weighted by Crippen LogP contribution is 2.20. The molecule has 0 saturated heterocycles. The average molecular weight is 281 g/mol. The fourth-order valence-corrected chi connectivity index (χ4v) is 2.07. The Hall–Kier alpha value is -1.74. The number of halogens is 3. The lowest BCUT2D eigenvalue weighted by atomic mass is 10.0. The first-order valence-corrected chi connectivity index (χ1v) is 6.13. The zero-order valence-electron chi connectivity index (χ0n) is 10.00. The van der Waals surface area contributed by atoms with Crippen molar-refractivity contribution in [2.45, 2.75) is 12.8 Å². The van der Waals surface area contributed by atoms with E-state index in [1.165, 1.54) is 36.4 Å². The standard InChI is InChI=1S/C15H11ClF2O/c16-14-5-2-6-15(18)13(14)9-12(19)8-10-3-1-4-11(17)7-10/h1-7H,8-9H2. The zero-order chi connectivity index (χ0) is 13.8. The lowest BCUT2D eigenvalue weighted by Crippen LogP contribution is -2.08. The summed E-state index contributed by atoms with van der Waals surface area (Å²) in [6.45, 7) is 0. The molecule has 0 N–H and O–H groups in total. The van der Waals surface area contributed by atoms with Crippen molar-refractivity contribution in [3.05, 3.63) is 70.2 Å². The van der Waals surface area contributed by atoms with Gasteiger partial charge in [-0.25, -0.2) is 8.78 Å². The van der Waals surface area contributed by atoms with E-state index < -0.39 is 11.6 Å². The third-order valence-corrected chi connectivity index (χ3v) is 3.08. The van der Waals surface area contributed by atoms with Crippen LogP contribution in [0.15, 0.2) is 42.5 Å². The summed E-state index contributed by atoms with van der Waals surface area (Å²) in [6.07, 6.45) is -0.0373. The van der Waals surface area contributed by atoms with E-state index in [9.17, 15) is 13.6 Å². The fraction of sp³-hybridized carbons (Fsp3) is 0.133. The lowest BCUT2D eigenvalue weighted by molar-refractivity contribution is -0.117. The smallest absolute Gasteiger partial charge is 0.141 e. The van der Waals surface area contributed by atoms with E-state index in [-0.39, 0.29) is 29.2 Å². The number of hydrogen-bond donors (Lipinski definition) is 0. The maximum Gasteiger partial charge on any atom is 0.141 e. The Balaban J connectivity index is 2.10. The van der Waals surface area contributed by atoms with Gasteiger partial charge >= 0.3 is 0 Å². The molecule has 2 aromatic rings. The predicted molar refractivity (Wildman–Crippen MR) is 70.2 cm³/mol. The van der Waals surface area contributed by atoms with Gasteiger partial charge in [0.15, 0.2) is 0 Å². The van der Waals surface area contributed by atoms with E-state index in [1.807, 2.05) is 0 Å². The number of Topliss-reactive ketones (excluding diaryl/α,β-unsaturated/α-hetero) is 1. The minimum absolute atomic E-state index is 0.0580. The van der Waals surface area contributed by atoms with Crippen LogP contribution >= 0.6 is 11.6 Å². The van der Waals surface area contributed by atoms with Gasteiger partial charge in [-0.05, 0) is 29.8 Å². The molecule has 98 valence electrons. The van der Waals surface area contributed by atoms with Crippen LogP contribution in [0.3, 0.4) is 0 Å². The van der Waals surface area contributed by atoms with E-state index in [4.69, 9.17) is 11.6 Å². The second kappa shape index (κ2) is 5.93. The lowest BCUT2D eigenvalue weighted by Gasteiger charge is -2.05. The van der Waals surface area contributed by atoms with Gasteiger partial charge in [0.1, 0.15) is 17.4 Å². The number of hydrogen-bond acceptors (Lipinski definition) is 1. The van der Waals surface area contributed by atoms with Gasteiger partial charge in [-0.3, -0.25) is 4.79 Å². The van der Waals surface area contributed by atoms with Crippen LogP contribution in [-0.2, 0) is 17.6 Å². The van der Waals surface area contributed by atoms with E-state index in [2.05, 4.69) is 0 Å². The zero-order valence-corrected chi connectivity index (χ0v) is 10.8. The summed E-state index contributed by atoms with van der Waals surface area (Å²) >= 11 is 5.85. The molecule has 0 heterocycles. The Morgan fingerprint density at radius 3 is 2.47 bits per heavy atom. The second-order valence-electron chi connectivity index (χ2n) is 4.22. The quantitative estimate of drug-likeness (QED) is 0.828. The molecule has 0 atom stereocenters. The molecule has 4 heteroatoms. The van der Waals surface area contributed by atoms with Gasteiger partial charge in [0.05, 0.1) is 0 Å². The predicted octanol–water partition coefficient (Wildman–Crippen LogP) is 3.97. The Morgan fingerprint density at radius 1 is 1.05 bits per heavy atom. The van der Waals surface area contributed by atoms with E-state index in [1.54, 1.807) is 6.07 Å². The SMILES string of the molecule is O=C(Cc1cccc(F)c1)Cc1c(F)cccc1Cl. The van der Waals surface area contributed by atoms with Crippen molar-refractivity contribution in [1.29, 1.82) is 0 Å². The summed E-state index contributed by atoms with van der Waals surface area (Å²) in [6, 6.07) is 10.1. The summed E-state index contributed by atoms with van der Waals surface area (Å²) < 4.78 is 26.5. The summed E-state index contributed by atoms with van der Waals surface area (Å²) in [5.41, 5.74) is 0.753. The number of ketones is 1. The first-order valence-electron chi connectivity index (χ1n) is 5.75. The van der Waals surface area contributed by atoms with Gasteiger partial charge in [0.2, 0.25) is 0 Å². The maximum absolute atomic E-state index is 13.5. The molecule has 2 aromatic carbocycles. The van der Waals surface area contributed by atoms with Gasteiger partial charge in [0, 0.05) is 23.4 Å². The van der Waals surface area contributed by atoms with Gasteiger partial charge in [0.25, 0.3) is 0 Å². The van der Waals surface area contributed by atoms with Crippen LogP contribution in [0.25, 0.3) is 0 Å². The van der Waals surface area contributed by atoms with Crippen LogP contribution in [0, 0.1) is 11.6 Å². The van der Waals surface area contributed by atoms with Crippen molar-refractivity contribution in [1.82, 2.24) is 0 Å². The first kappa shape index (κ1) is 13.7. The summed E-state index contributed by atoms with van der Waals surface area (Å²) in [5.74, 6) is -1.10. The molecule has 0 fully saturated rings. The maximum atomic E-state index is 13.5. The number of carbonyl (C=O) groups excluding carboxylic acids is 1. The molecule has 0 spiro atoms. The highest BCUT2D eigenvalue weighted by molar-refractivity contribution is 6.31. The van der Waals surface area contributed by atoms with Crippen molar-refractivity contribution in [2.24, 2.45) is 0 Å². The van der Waals surface area contributed by atoms with E-state index in [0.29, 0.717) is 5.56 Å². The molecule has 2 rings (SSSR count). The van der Waals surface area contributed by atoms with Crippen molar-refractivity contribution >= 4 is 17.4 Å². The molecule has 0 unspecified atom stereocenters. The van der Waals surface area contributed by atoms with Gasteiger partial charge < -0.3 is 0 Å². The minimum Gasteiger partial charge on any atom is -0.299 e. The Labute approximate surface area is 114 Å². The molecule has 0 aliphatic carbocycles. The van der Waals surface area contributed by atoms with Crippen molar-refractivity contribution < 1.29 is 13.6 Å². The second-order valence-corrected chi connectivity index (χ2v) is 4.63. The van der Waals surface area contributed by atoms with Crippen LogP contribution < -0.4 is 0 Å². The van der Waals surface area contributed by atoms with Gasteiger partial charge in [-0.1, -0.05) is 29.8 Å². The molecule has 0 saturated carbocycles. The molecule has 0 amide bonds. The molecule has 1 nitrogen and oxygen atoms in total. The fourth-order valence-electron chi connectivity index (χ4n) is 1.84. The summed E-state index contributed by atoms with van der Waals surface area (Å²) in [4.78, 5) is 11.8. The highest BCUT2D eigenvalue weighted by Gasteiger charge is 2.12. The highest BCUT2D eigenvalue weighted by atomic mass is 35.5. The molecular weight excluding hydrogens is 270 g/mol. The van der Waals surface area contributed by atoms with Crippen molar-refractivity contribution in [3.8, 4) is 0 Å². The molecular formula is C15H11ClF2O. The molecule has 0 aromatic heterocycles. The Kier molecular flexibility index (Phi) is 4.27. The van der Waals surface area contributed by atoms with Crippen LogP contribution in [0.1, 0.15) is 11.1 Å². The number of rotatable bonds is 4. The number of carbonyl (C=O) groups is 1. The Morgan fingerprint density at radius 2 is 1.79 bits per heavy atom. The minimum atomic E-state index is -0.500. The van der Waals surface area contributed by atoms with Crippen molar-refractivity contribution in [2.75, 3.05) is 0 Å². The molecule has 19 heavy (non-hydrogen) atoms. The van der Waals surface area contributed by atoms with Crippen LogP contribution in [0.2, 0.25) is 5.02 Å². The first-order chi connectivity index (χ1) is 9.06. The topological polar surface area (TPSA) is 17.1 Å². The van der Waals surface area contributed by atoms with Crippen LogP contribution in [0.4, 0.5) is 8.78 Å². The van der Waals surface area contributed by atoms with E-state index >= 15 is 0 Å². The molecule has 0 radical (unpaired) electrons. The normalized spacial score (nSPS) is 10.5. The van der Waals surface area contributed by atoms with Gasteiger partial charge in [-0.15, -0.1) is 0 Å². The van der Waals surface area contributed by atoms with Crippen LogP contribution in [0.5, 0.6) is 0 Å². The summed E-state index contributed by atoms with van der Waals surface area (Å²) in [5, 5.41) is 0.229. The van der Waals surface area contributed by atoms with Crippen LogP contribution in [-0.4, -0.2) is 5.78 Å². The summed E-state index contributed by atoms with van der Waals surface area (Å²) in [7, 11) is 0. The van der Waals surface area contributed by atoms with E-state index in [0.717, 1.165) is 0 Å². The largest absolute Gasteiger partial charge is 0.299 e. The molecule has 0 aliphatic rings. The van der Waals surface area contributed by atoms with Crippen molar-refractivity contribution in [3.63, 3.8) is 0 Å². The Bertz CT molecular complexity index is 591. The molecule has 0 aliphatic heterocycles.